The summed E-state index contributed by atoms with van der Waals surface area (Å²) in [6.07, 6.45) is 3.00. The Labute approximate surface area is 116 Å². The number of amides is 1. The zero-order chi connectivity index (χ0) is 13.6. The van der Waals surface area contributed by atoms with Crippen molar-refractivity contribution in [2.75, 3.05) is 5.32 Å². The maximum atomic E-state index is 12.0. The highest BCUT2D eigenvalue weighted by Crippen LogP contribution is 2.48. The number of rotatable bonds is 1. The van der Waals surface area contributed by atoms with Crippen LogP contribution in [0.15, 0.2) is 12.1 Å². The van der Waals surface area contributed by atoms with Gasteiger partial charge in [0.1, 0.15) is 0 Å². The van der Waals surface area contributed by atoms with Gasteiger partial charge in [0.15, 0.2) is 5.75 Å². The van der Waals surface area contributed by atoms with Gasteiger partial charge in [-0.2, -0.15) is 0 Å². The number of ether oxygens (including phenoxy) is 1. The van der Waals surface area contributed by atoms with E-state index in [9.17, 15) is 9.59 Å². The topological polar surface area (TPSA) is 55.4 Å². The Balaban J connectivity index is 2.04. The molecular formula is C14H14ClNO3. The second kappa shape index (κ2) is 4.53. The van der Waals surface area contributed by atoms with Crippen molar-refractivity contribution in [2.45, 2.75) is 32.1 Å². The average molecular weight is 280 g/mol. The molecule has 2 atom stereocenters. The fourth-order valence-electron chi connectivity index (χ4n) is 3.09. The lowest BCUT2D eigenvalue weighted by atomic mass is 9.84. The van der Waals surface area contributed by atoms with Gasteiger partial charge in [-0.1, -0.05) is 18.0 Å². The Bertz CT molecular complexity index is 570. The molecule has 4 nitrogen and oxygen atoms in total. The fourth-order valence-corrected chi connectivity index (χ4v) is 3.30. The molecule has 2 unspecified atom stereocenters. The number of nitrogens with one attached hydrogen (secondary N) is 1. The van der Waals surface area contributed by atoms with Crippen molar-refractivity contribution in [1.29, 1.82) is 0 Å². The molecule has 3 rings (SSSR count). The maximum absolute atomic E-state index is 12.0. The molecule has 1 heterocycles. The monoisotopic (exact) mass is 279 g/mol. The third-order valence-electron chi connectivity index (χ3n) is 3.87. The lowest BCUT2D eigenvalue weighted by Gasteiger charge is -2.28. The first kappa shape index (κ1) is 12.5. The molecule has 2 aliphatic rings. The third kappa shape index (κ3) is 2.10. The summed E-state index contributed by atoms with van der Waals surface area (Å²) in [6, 6.07) is 3.46. The first-order valence-corrected chi connectivity index (χ1v) is 6.77. The van der Waals surface area contributed by atoms with E-state index in [1.165, 1.54) is 6.92 Å². The van der Waals surface area contributed by atoms with E-state index in [0.29, 0.717) is 16.5 Å². The minimum atomic E-state index is -0.428. The minimum Gasteiger partial charge on any atom is -0.425 e. The lowest BCUT2D eigenvalue weighted by molar-refractivity contribution is -0.131. The number of fused-ring (bicyclic) bond motifs is 3. The summed E-state index contributed by atoms with van der Waals surface area (Å²) >= 11 is 6.14. The van der Waals surface area contributed by atoms with E-state index in [2.05, 4.69) is 5.32 Å². The van der Waals surface area contributed by atoms with E-state index in [4.69, 9.17) is 16.3 Å². The van der Waals surface area contributed by atoms with Gasteiger partial charge in [0, 0.05) is 24.6 Å². The molecule has 100 valence electrons. The maximum Gasteiger partial charge on any atom is 0.308 e. The van der Waals surface area contributed by atoms with Gasteiger partial charge in [0.2, 0.25) is 5.91 Å². The van der Waals surface area contributed by atoms with Gasteiger partial charge >= 0.3 is 5.97 Å². The summed E-state index contributed by atoms with van der Waals surface area (Å²) in [5.74, 6) is 0.231. The summed E-state index contributed by atoms with van der Waals surface area (Å²) in [4.78, 5) is 23.0. The van der Waals surface area contributed by atoms with Crippen LogP contribution in [0.25, 0.3) is 0 Å². The second-order valence-corrected chi connectivity index (χ2v) is 5.50. The molecule has 1 aromatic rings. The number of esters is 1. The van der Waals surface area contributed by atoms with Crippen LogP contribution in [0.4, 0.5) is 5.69 Å². The van der Waals surface area contributed by atoms with Gasteiger partial charge in [-0.15, -0.1) is 0 Å². The van der Waals surface area contributed by atoms with Crippen molar-refractivity contribution in [2.24, 2.45) is 5.92 Å². The summed E-state index contributed by atoms with van der Waals surface area (Å²) in [5, 5.41) is 3.30. The van der Waals surface area contributed by atoms with Crippen LogP contribution in [-0.4, -0.2) is 11.9 Å². The van der Waals surface area contributed by atoms with Gasteiger partial charge in [-0.05, 0) is 30.4 Å². The van der Waals surface area contributed by atoms with Gasteiger partial charge in [-0.3, -0.25) is 9.59 Å². The Hall–Kier alpha value is -1.55. The first-order valence-electron chi connectivity index (χ1n) is 6.39. The minimum absolute atomic E-state index is 0.0585. The summed E-state index contributed by atoms with van der Waals surface area (Å²) in [7, 11) is 0. The van der Waals surface area contributed by atoms with E-state index in [-0.39, 0.29) is 17.7 Å². The molecule has 1 amide bonds. The van der Waals surface area contributed by atoms with Crippen LogP contribution in [0.1, 0.15) is 37.7 Å². The Kier molecular flexibility index (Phi) is 2.97. The van der Waals surface area contributed by atoms with Crippen LogP contribution in [0.5, 0.6) is 5.75 Å². The van der Waals surface area contributed by atoms with E-state index in [1.54, 1.807) is 6.07 Å². The first-order chi connectivity index (χ1) is 9.06. The zero-order valence-corrected chi connectivity index (χ0v) is 11.3. The van der Waals surface area contributed by atoms with Crippen LogP contribution in [0.2, 0.25) is 5.02 Å². The van der Waals surface area contributed by atoms with E-state index < -0.39 is 5.97 Å². The van der Waals surface area contributed by atoms with Crippen LogP contribution in [0, 0.1) is 5.92 Å². The van der Waals surface area contributed by atoms with Crippen LogP contribution in [0.3, 0.4) is 0 Å². The molecule has 0 radical (unpaired) electrons. The van der Waals surface area contributed by atoms with Gasteiger partial charge in [0.25, 0.3) is 0 Å². The van der Waals surface area contributed by atoms with Crippen molar-refractivity contribution in [3.8, 4) is 5.75 Å². The third-order valence-corrected chi connectivity index (χ3v) is 4.16. The number of anilines is 1. The van der Waals surface area contributed by atoms with Crippen molar-refractivity contribution < 1.29 is 14.3 Å². The summed E-state index contributed by atoms with van der Waals surface area (Å²) in [5.41, 5.74) is 1.77. The molecule has 1 saturated carbocycles. The number of hydrogen-bond acceptors (Lipinski definition) is 3. The van der Waals surface area contributed by atoms with Crippen molar-refractivity contribution in [3.05, 3.63) is 22.7 Å². The van der Waals surface area contributed by atoms with Crippen LogP contribution < -0.4 is 10.1 Å². The molecule has 1 N–H and O–H groups in total. The number of benzene rings is 1. The second-order valence-electron chi connectivity index (χ2n) is 5.10. The number of hydrogen-bond donors (Lipinski definition) is 1. The quantitative estimate of drug-likeness (QED) is 0.635. The average Bonchev–Trinajstić information content (AvgIpc) is 2.81. The predicted molar refractivity (Wildman–Crippen MR) is 71.5 cm³/mol. The summed E-state index contributed by atoms with van der Waals surface area (Å²) in [6.45, 7) is 1.32. The molecular weight excluding hydrogens is 266 g/mol. The van der Waals surface area contributed by atoms with Gasteiger partial charge in [-0.25, -0.2) is 0 Å². The molecule has 1 aliphatic carbocycles. The Morgan fingerprint density at radius 1 is 1.37 bits per heavy atom. The smallest absolute Gasteiger partial charge is 0.308 e. The lowest BCUT2D eigenvalue weighted by Crippen LogP contribution is -2.30. The number of carbonyl (C=O) groups excluding carboxylic acids is 2. The summed E-state index contributed by atoms with van der Waals surface area (Å²) < 4.78 is 5.04. The predicted octanol–water partition coefficient (Wildman–Crippen LogP) is 3.10. The molecule has 1 fully saturated rings. The van der Waals surface area contributed by atoms with Crippen molar-refractivity contribution >= 4 is 29.2 Å². The van der Waals surface area contributed by atoms with Crippen LogP contribution in [-0.2, 0) is 9.59 Å². The van der Waals surface area contributed by atoms with Gasteiger partial charge < -0.3 is 10.1 Å². The van der Waals surface area contributed by atoms with Gasteiger partial charge in [0.05, 0.1) is 5.02 Å². The molecule has 0 aromatic heterocycles. The molecule has 0 spiro atoms. The fraction of sp³-hybridized carbons (Fsp3) is 0.429. The Morgan fingerprint density at radius 3 is 2.84 bits per heavy atom. The van der Waals surface area contributed by atoms with Crippen molar-refractivity contribution in [1.82, 2.24) is 0 Å². The molecule has 1 aliphatic heterocycles. The van der Waals surface area contributed by atoms with Crippen molar-refractivity contribution in [3.63, 3.8) is 0 Å². The molecule has 1 aromatic carbocycles. The standard InChI is InChI=1S/C14H14ClNO3/c1-7(17)19-13-6-12-10(5-11(13)15)8-3-2-4-9(8)14(18)16-12/h5-6,8-9H,2-4H2,1H3,(H,16,18). The molecule has 0 bridgehead atoms. The van der Waals surface area contributed by atoms with E-state index in [1.807, 2.05) is 6.07 Å². The highest BCUT2D eigenvalue weighted by Gasteiger charge is 2.39. The van der Waals surface area contributed by atoms with E-state index >= 15 is 0 Å². The zero-order valence-electron chi connectivity index (χ0n) is 10.5. The largest absolute Gasteiger partial charge is 0.425 e. The Morgan fingerprint density at radius 2 is 2.11 bits per heavy atom. The molecule has 5 heteroatoms. The molecule has 19 heavy (non-hydrogen) atoms. The highest BCUT2D eigenvalue weighted by atomic mass is 35.5. The number of carbonyl (C=O) groups is 2. The normalized spacial score (nSPS) is 24.4. The highest BCUT2D eigenvalue weighted by molar-refractivity contribution is 6.32. The SMILES string of the molecule is CC(=O)Oc1cc2c(cc1Cl)C1CCCC1C(=O)N2. The molecule has 0 saturated heterocycles. The van der Waals surface area contributed by atoms with E-state index in [0.717, 1.165) is 24.8 Å². The van der Waals surface area contributed by atoms with Crippen LogP contribution >= 0.6 is 11.6 Å². The number of halogens is 1.